The number of rotatable bonds is 5. The molecule has 0 unspecified atom stereocenters. The van der Waals surface area contributed by atoms with Gasteiger partial charge < -0.3 is 4.90 Å². The van der Waals surface area contributed by atoms with Gasteiger partial charge in [-0.05, 0) is 63.5 Å². The van der Waals surface area contributed by atoms with Crippen LogP contribution in [0.5, 0.6) is 0 Å². The lowest BCUT2D eigenvalue weighted by molar-refractivity contribution is 0.0785. The van der Waals surface area contributed by atoms with E-state index in [0.717, 1.165) is 13.1 Å². The Labute approximate surface area is 148 Å². The first kappa shape index (κ1) is 17.2. The third kappa shape index (κ3) is 4.48. The Morgan fingerprint density at radius 1 is 1.04 bits per heavy atom. The second-order valence-electron chi connectivity index (χ2n) is 6.68. The van der Waals surface area contributed by atoms with E-state index in [0.29, 0.717) is 28.2 Å². The number of nitrogens with zero attached hydrogens (tertiary/aromatic N) is 2. The zero-order valence-corrected chi connectivity index (χ0v) is 15.0. The van der Waals surface area contributed by atoms with E-state index in [1.807, 2.05) is 0 Å². The summed E-state index contributed by atoms with van der Waals surface area (Å²) in [6, 6.07) is 5.67. The lowest BCUT2D eigenvalue weighted by Gasteiger charge is -2.37. The summed E-state index contributed by atoms with van der Waals surface area (Å²) >= 11 is 12.0. The minimum atomic E-state index is 0.136. The molecule has 1 aromatic carbocycles. The minimum Gasteiger partial charge on any atom is -0.302 e. The molecule has 23 heavy (non-hydrogen) atoms. The Hall–Kier alpha value is -0.610. The molecule has 0 aromatic heterocycles. The molecule has 3 rings (SSSR count). The first-order valence-electron chi connectivity index (χ1n) is 8.58. The smallest absolute Gasteiger partial charge is 0.176 e. The second-order valence-corrected chi connectivity index (χ2v) is 7.49. The summed E-state index contributed by atoms with van der Waals surface area (Å²) in [7, 11) is 0. The van der Waals surface area contributed by atoms with Crippen molar-refractivity contribution < 1.29 is 4.79 Å². The Kier molecular flexibility index (Phi) is 5.97. The van der Waals surface area contributed by atoms with Crippen LogP contribution in [0, 0.1) is 0 Å². The van der Waals surface area contributed by atoms with Crippen LogP contribution in [-0.4, -0.2) is 54.3 Å². The number of Topliss-reactive ketones (excluding diaryl/α,β-unsaturated/α-hetero) is 1. The molecule has 2 aliphatic heterocycles. The molecule has 0 radical (unpaired) electrons. The zero-order chi connectivity index (χ0) is 16.2. The number of hydrogen-bond acceptors (Lipinski definition) is 3. The summed E-state index contributed by atoms with van der Waals surface area (Å²) in [4.78, 5) is 17.5. The fourth-order valence-corrected chi connectivity index (χ4v) is 3.98. The van der Waals surface area contributed by atoms with E-state index in [-0.39, 0.29) is 5.78 Å². The van der Waals surface area contributed by atoms with Gasteiger partial charge in [0.25, 0.3) is 0 Å². The standard InChI is InChI=1S/C18H24Cl2N2O/c19-16-7-6-14(11-17(16)20)18(23)13-22-10-2-1-5-15(22)12-21-8-3-4-9-21/h6-7,11,15H,1-5,8-10,12-13H2/t15-/m1/s1. The molecule has 1 atom stereocenters. The molecular formula is C18H24Cl2N2O. The van der Waals surface area contributed by atoms with Crippen molar-refractivity contribution in [2.24, 2.45) is 0 Å². The largest absolute Gasteiger partial charge is 0.302 e. The van der Waals surface area contributed by atoms with Gasteiger partial charge in [0.05, 0.1) is 16.6 Å². The SMILES string of the molecule is O=C(CN1CCCC[C@@H]1CN1CCCC1)c1ccc(Cl)c(Cl)c1. The van der Waals surface area contributed by atoms with Gasteiger partial charge in [0, 0.05) is 18.2 Å². The van der Waals surface area contributed by atoms with Gasteiger partial charge in [-0.1, -0.05) is 29.6 Å². The average molecular weight is 355 g/mol. The third-order valence-corrected chi connectivity index (χ3v) is 5.74. The average Bonchev–Trinajstić information content (AvgIpc) is 3.05. The quantitative estimate of drug-likeness (QED) is 0.742. The van der Waals surface area contributed by atoms with Gasteiger partial charge in [-0.3, -0.25) is 9.69 Å². The Balaban J connectivity index is 1.63. The van der Waals surface area contributed by atoms with Crippen LogP contribution in [0.25, 0.3) is 0 Å². The molecule has 0 spiro atoms. The van der Waals surface area contributed by atoms with E-state index in [1.54, 1.807) is 18.2 Å². The van der Waals surface area contributed by atoms with Crippen LogP contribution in [0.2, 0.25) is 10.0 Å². The minimum absolute atomic E-state index is 0.136. The van der Waals surface area contributed by atoms with E-state index < -0.39 is 0 Å². The molecule has 3 nitrogen and oxygen atoms in total. The van der Waals surface area contributed by atoms with E-state index in [4.69, 9.17) is 23.2 Å². The molecule has 0 amide bonds. The fourth-order valence-electron chi connectivity index (χ4n) is 3.68. The zero-order valence-electron chi connectivity index (χ0n) is 13.4. The topological polar surface area (TPSA) is 23.6 Å². The van der Waals surface area contributed by atoms with Crippen LogP contribution >= 0.6 is 23.2 Å². The second kappa shape index (κ2) is 7.98. The number of ketones is 1. The van der Waals surface area contributed by atoms with Crippen molar-refractivity contribution in [3.63, 3.8) is 0 Å². The van der Waals surface area contributed by atoms with Crippen molar-refractivity contribution in [1.29, 1.82) is 0 Å². The Morgan fingerprint density at radius 2 is 1.78 bits per heavy atom. The predicted molar refractivity (Wildman–Crippen MR) is 95.7 cm³/mol. The molecule has 126 valence electrons. The highest BCUT2D eigenvalue weighted by Crippen LogP contribution is 2.24. The molecule has 0 saturated carbocycles. The van der Waals surface area contributed by atoms with Crippen LogP contribution in [0.15, 0.2) is 18.2 Å². The normalized spacial score (nSPS) is 23.3. The molecule has 0 bridgehead atoms. The van der Waals surface area contributed by atoms with E-state index in [2.05, 4.69) is 9.80 Å². The summed E-state index contributed by atoms with van der Waals surface area (Å²) < 4.78 is 0. The lowest BCUT2D eigenvalue weighted by atomic mass is 10.00. The van der Waals surface area contributed by atoms with Crippen LogP contribution in [-0.2, 0) is 0 Å². The number of hydrogen-bond donors (Lipinski definition) is 0. The molecule has 2 fully saturated rings. The molecule has 2 heterocycles. The van der Waals surface area contributed by atoms with Crippen molar-refractivity contribution in [1.82, 2.24) is 9.80 Å². The number of carbonyl (C=O) groups excluding carboxylic acids is 1. The van der Waals surface area contributed by atoms with Gasteiger partial charge in [0.2, 0.25) is 0 Å². The van der Waals surface area contributed by atoms with Gasteiger partial charge in [-0.15, -0.1) is 0 Å². The van der Waals surface area contributed by atoms with Crippen molar-refractivity contribution >= 4 is 29.0 Å². The van der Waals surface area contributed by atoms with Crippen molar-refractivity contribution in [3.8, 4) is 0 Å². The number of carbonyl (C=O) groups is 1. The maximum Gasteiger partial charge on any atom is 0.176 e. The van der Waals surface area contributed by atoms with Crippen LogP contribution < -0.4 is 0 Å². The molecule has 1 aromatic rings. The van der Waals surface area contributed by atoms with E-state index >= 15 is 0 Å². The first-order valence-corrected chi connectivity index (χ1v) is 9.34. The lowest BCUT2D eigenvalue weighted by Crippen LogP contribution is -2.48. The molecule has 0 N–H and O–H groups in total. The van der Waals surface area contributed by atoms with Crippen LogP contribution in [0.3, 0.4) is 0 Å². The van der Waals surface area contributed by atoms with Crippen molar-refractivity contribution in [3.05, 3.63) is 33.8 Å². The van der Waals surface area contributed by atoms with Crippen molar-refractivity contribution in [2.75, 3.05) is 32.7 Å². The first-order chi connectivity index (χ1) is 11.1. The van der Waals surface area contributed by atoms with E-state index in [9.17, 15) is 4.79 Å². The number of benzene rings is 1. The Bertz CT molecular complexity index is 558. The van der Waals surface area contributed by atoms with Gasteiger partial charge >= 0.3 is 0 Å². The van der Waals surface area contributed by atoms with E-state index in [1.165, 1.54) is 45.2 Å². The summed E-state index contributed by atoms with van der Waals surface area (Å²) in [5.41, 5.74) is 0.657. The highest BCUT2D eigenvalue weighted by atomic mass is 35.5. The fraction of sp³-hybridized carbons (Fsp3) is 0.611. The van der Waals surface area contributed by atoms with Crippen molar-refractivity contribution in [2.45, 2.75) is 38.1 Å². The highest BCUT2D eigenvalue weighted by Gasteiger charge is 2.27. The highest BCUT2D eigenvalue weighted by molar-refractivity contribution is 6.42. The van der Waals surface area contributed by atoms with Crippen LogP contribution in [0.1, 0.15) is 42.5 Å². The molecule has 2 saturated heterocycles. The van der Waals surface area contributed by atoms with Crippen LogP contribution in [0.4, 0.5) is 0 Å². The molecule has 0 aliphatic carbocycles. The third-order valence-electron chi connectivity index (χ3n) is 5.00. The molecule has 5 heteroatoms. The molecular weight excluding hydrogens is 331 g/mol. The maximum absolute atomic E-state index is 12.6. The number of halogens is 2. The Morgan fingerprint density at radius 3 is 2.52 bits per heavy atom. The number of piperidine rings is 1. The maximum atomic E-state index is 12.6. The monoisotopic (exact) mass is 354 g/mol. The van der Waals surface area contributed by atoms with Gasteiger partial charge in [-0.25, -0.2) is 0 Å². The molecule has 2 aliphatic rings. The van der Waals surface area contributed by atoms with Gasteiger partial charge in [0.15, 0.2) is 5.78 Å². The summed E-state index contributed by atoms with van der Waals surface area (Å²) in [5.74, 6) is 0.136. The number of likely N-dealkylation sites (tertiary alicyclic amines) is 2. The predicted octanol–water partition coefficient (Wildman–Crippen LogP) is 4.13. The van der Waals surface area contributed by atoms with Gasteiger partial charge in [-0.2, -0.15) is 0 Å². The summed E-state index contributed by atoms with van der Waals surface area (Å²) in [6.07, 6.45) is 6.29. The summed E-state index contributed by atoms with van der Waals surface area (Å²) in [5, 5.41) is 0.942. The summed E-state index contributed by atoms with van der Waals surface area (Å²) in [6.45, 7) is 5.03. The van der Waals surface area contributed by atoms with Gasteiger partial charge in [0.1, 0.15) is 0 Å².